The van der Waals surface area contributed by atoms with Crippen LogP contribution < -0.4 is 15.8 Å². The predicted octanol–water partition coefficient (Wildman–Crippen LogP) is 0.598. The van der Waals surface area contributed by atoms with Crippen LogP contribution in [0.1, 0.15) is 24.3 Å². The van der Waals surface area contributed by atoms with E-state index in [4.69, 9.17) is 15.2 Å². The Kier molecular flexibility index (Phi) is 3.73. The van der Waals surface area contributed by atoms with Crippen LogP contribution in [0, 0.1) is 0 Å². The summed E-state index contributed by atoms with van der Waals surface area (Å²) in [5.41, 5.74) is 7.38. The second kappa shape index (κ2) is 5.54. The number of benzene rings is 1. The summed E-state index contributed by atoms with van der Waals surface area (Å²) in [5.74, 6) is 0.549. The van der Waals surface area contributed by atoms with Gasteiger partial charge >= 0.3 is 0 Å². The van der Waals surface area contributed by atoms with Crippen LogP contribution in [0.5, 0.6) is 5.75 Å². The third-order valence-corrected chi connectivity index (χ3v) is 4.22. The van der Waals surface area contributed by atoms with Gasteiger partial charge in [0.2, 0.25) is 5.91 Å². The number of carbonyl (C=O) groups is 1. The number of fused-ring (bicyclic) bond motifs is 3. The van der Waals surface area contributed by atoms with Gasteiger partial charge in [0.15, 0.2) is 0 Å². The van der Waals surface area contributed by atoms with Crippen LogP contribution in [0.25, 0.3) is 0 Å². The van der Waals surface area contributed by atoms with Crippen molar-refractivity contribution in [1.29, 1.82) is 0 Å². The molecule has 1 aromatic rings. The van der Waals surface area contributed by atoms with Gasteiger partial charge in [-0.15, -0.1) is 0 Å². The average molecular weight is 292 g/mol. The fourth-order valence-electron chi connectivity index (χ4n) is 3.27. The van der Waals surface area contributed by atoms with Gasteiger partial charge in [0.25, 0.3) is 0 Å². The Balaban J connectivity index is 1.89. The Morgan fingerprint density at radius 1 is 1.52 bits per heavy atom. The molecule has 114 valence electrons. The minimum absolute atomic E-state index is 0.114. The smallest absolute Gasteiger partial charge is 0.220 e. The van der Waals surface area contributed by atoms with E-state index >= 15 is 0 Å². The number of aliphatic hydroxyl groups excluding tert-OH is 1. The first-order valence-corrected chi connectivity index (χ1v) is 7.15. The summed E-state index contributed by atoms with van der Waals surface area (Å²) >= 11 is 0. The molecule has 0 spiro atoms. The first-order valence-electron chi connectivity index (χ1n) is 7.15. The van der Waals surface area contributed by atoms with Crippen molar-refractivity contribution >= 4 is 11.6 Å². The molecule has 2 heterocycles. The van der Waals surface area contributed by atoms with Gasteiger partial charge in [-0.3, -0.25) is 4.79 Å². The van der Waals surface area contributed by atoms with Crippen molar-refractivity contribution in [3.8, 4) is 5.75 Å². The van der Waals surface area contributed by atoms with E-state index in [-0.39, 0.29) is 31.2 Å². The average Bonchev–Trinajstić information content (AvgIpc) is 2.83. The number of rotatable bonds is 4. The largest absolute Gasteiger partial charge is 0.487 e. The summed E-state index contributed by atoms with van der Waals surface area (Å²) < 4.78 is 11.7. The van der Waals surface area contributed by atoms with Crippen molar-refractivity contribution in [2.24, 2.45) is 5.73 Å². The van der Waals surface area contributed by atoms with Crippen LogP contribution in [-0.2, 0) is 9.53 Å². The third-order valence-electron chi connectivity index (χ3n) is 4.22. The van der Waals surface area contributed by atoms with E-state index in [1.165, 1.54) is 0 Å². The number of hydrogen-bond acceptors (Lipinski definition) is 5. The monoisotopic (exact) mass is 292 g/mol. The summed E-state index contributed by atoms with van der Waals surface area (Å²) in [5, 5.41) is 12.6. The highest BCUT2D eigenvalue weighted by atomic mass is 16.6. The summed E-state index contributed by atoms with van der Waals surface area (Å²) in [7, 11) is 1.87. The molecule has 0 bridgehead atoms. The predicted molar refractivity (Wildman–Crippen MR) is 77.3 cm³/mol. The van der Waals surface area contributed by atoms with Crippen molar-refractivity contribution in [2.45, 2.75) is 37.1 Å². The quantitative estimate of drug-likeness (QED) is 0.755. The van der Waals surface area contributed by atoms with Gasteiger partial charge in [0, 0.05) is 24.2 Å². The normalized spacial score (nSPS) is 30.2. The Morgan fingerprint density at radius 3 is 3.00 bits per heavy atom. The maximum Gasteiger partial charge on any atom is 0.220 e. The van der Waals surface area contributed by atoms with E-state index in [0.717, 1.165) is 17.0 Å². The summed E-state index contributed by atoms with van der Waals surface area (Å²) in [6.07, 6.45) is -0.0705. The summed E-state index contributed by atoms with van der Waals surface area (Å²) in [6, 6.07) is 5.93. The van der Waals surface area contributed by atoms with Crippen LogP contribution in [0.15, 0.2) is 18.2 Å². The van der Waals surface area contributed by atoms with Crippen molar-refractivity contribution in [3.63, 3.8) is 0 Å². The second-order valence-electron chi connectivity index (χ2n) is 5.58. The number of amides is 1. The van der Waals surface area contributed by atoms with Crippen LogP contribution >= 0.6 is 0 Å². The van der Waals surface area contributed by atoms with Gasteiger partial charge in [-0.25, -0.2) is 0 Å². The van der Waals surface area contributed by atoms with E-state index in [0.29, 0.717) is 6.42 Å². The fraction of sp³-hybridized carbons (Fsp3) is 0.533. The van der Waals surface area contributed by atoms with Gasteiger partial charge in [0.05, 0.1) is 19.1 Å². The topological polar surface area (TPSA) is 93.8 Å². The number of nitrogens with one attached hydrogen (secondary N) is 1. The lowest BCUT2D eigenvalue weighted by Crippen LogP contribution is -2.47. The van der Waals surface area contributed by atoms with Gasteiger partial charge in [0.1, 0.15) is 18.0 Å². The molecule has 2 aliphatic rings. The molecule has 1 amide bonds. The van der Waals surface area contributed by atoms with Crippen molar-refractivity contribution in [1.82, 2.24) is 0 Å². The number of ether oxygens (including phenoxy) is 2. The Hall–Kier alpha value is -1.79. The number of carbonyl (C=O) groups excluding carboxylic acids is 1. The molecule has 6 nitrogen and oxygen atoms in total. The second-order valence-corrected chi connectivity index (χ2v) is 5.58. The maximum atomic E-state index is 11.1. The SMILES string of the molecule is CNc1ccc2c(c1)C1CC(CC(N)=O)OC(CO)C1O2. The van der Waals surface area contributed by atoms with E-state index in [9.17, 15) is 9.90 Å². The Bertz CT molecular complexity index is 548. The molecule has 4 unspecified atom stereocenters. The molecule has 0 aliphatic carbocycles. The Labute approximate surface area is 123 Å². The minimum Gasteiger partial charge on any atom is -0.487 e. The number of anilines is 1. The zero-order valence-electron chi connectivity index (χ0n) is 11.9. The van der Waals surface area contributed by atoms with Crippen molar-refractivity contribution in [2.75, 3.05) is 19.0 Å². The highest BCUT2D eigenvalue weighted by Gasteiger charge is 2.46. The van der Waals surface area contributed by atoms with Gasteiger partial charge < -0.3 is 25.6 Å². The molecule has 4 atom stereocenters. The Morgan fingerprint density at radius 2 is 2.33 bits per heavy atom. The van der Waals surface area contributed by atoms with Gasteiger partial charge in [-0.1, -0.05) is 0 Å². The molecule has 0 saturated carbocycles. The standard InChI is InChI=1S/C15H20N2O4/c1-17-8-2-3-12-10(4-8)11-5-9(6-14(16)19)20-13(7-18)15(11)21-12/h2-4,9,11,13,15,17-18H,5-7H2,1H3,(H2,16,19). The van der Waals surface area contributed by atoms with Gasteiger partial charge in [-0.05, 0) is 24.6 Å². The summed E-state index contributed by atoms with van der Waals surface area (Å²) in [6.45, 7) is -0.136. The molecular weight excluding hydrogens is 272 g/mol. The van der Waals surface area contributed by atoms with Crippen LogP contribution in [0.2, 0.25) is 0 Å². The molecule has 6 heteroatoms. The van der Waals surface area contributed by atoms with Crippen LogP contribution in [0.3, 0.4) is 0 Å². The lowest BCUT2D eigenvalue weighted by molar-refractivity contribution is -0.140. The molecule has 1 fully saturated rings. The maximum absolute atomic E-state index is 11.1. The zero-order valence-corrected chi connectivity index (χ0v) is 11.9. The van der Waals surface area contributed by atoms with Crippen molar-refractivity contribution < 1.29 is 19.4 Å². The first kappa shape index (κ1) is 14.2. The molecule has 21 heavy (non-hydrogen) atoms. The van der Waals surface area contributed by atoms with Crippen LogP contribution in [-0.4, -0.2) is 43.0 Å². The molecule has 4 N–H and O–H groups in total. The van der Waals surface area contributed by atoms with E-state index in [1.807, 2.05) is 19.2 Å². The highest BCUT2D eigenvalue weighted by molar-refractivity contribution is 5.74. The molecule has 0 radical (unpaired) electrons. The molecule has 1 aromatic carbocycles. The van der Waals surface area contributed by atoms with E-state index < -0.39 is 12.0 Å². The number of aliphatic hydroxyl groups is 1. The van der Waals surface area contributed by atoms with Gasteiger partial charge in [-0.2, -0.15) is 0 Å². The molecular formula is C15H20N2O4. The number of primary amides is 1. The number of nitrogens with two attached hydrogens (primary N) is 1. The lowest BCUT2D eigenvalue weighted by Gasteiger charge is -2.36. The molecule has 1 saturated heterocycles. The van der Waals surface area contributed by atoms with Crippen molar-refractivity contribution in [3.05, 3.63) is 23.8 Å². The van der Waals surface area contributed by atoms with E-state index in [1.54, 1.807) is 0 Å². The summed E-state index contributed by atoms with van der Waals surface area (Å²) in [4.78, 5) is 11.1. The van der Waals surface area contributed by atoms with Crippen LogP contribution in [0.4, 0.5) is 5.69 Å². The van der Waals surface area contributed by atoms with E-state index in [2.05, 4.69) is 11.4 Å². The number of hydrogen-bond donors (Lipinski definition) is 3. The highest BCUT2D eigenvalue weighted by Crippen LogP contribution is 2.46. The lowest BCUT2D eigenvalue weighted by atomic mass is 9.84. The molecule has 2 aliphatic heterocycles. The fourth-order valence-corrected chi connectivity index (χ4v) is 3.27. The molecule has 0 aromatic heterocycles. The minimum atomic E-state index is -0.432. The third kappa shape index (κ3) is 2.56. The zero-order chi connectivity index (χ0) is 15.0. The first-order chi connectivity index (χ1) is 10.1. The molecule has 3 rings (SSSR count).